The number of phenols is 2. The van der Waals surface area contributed by atoms with Crippen LogP contribution in [0.2, 0.25) is 0 Å². The standard InChI is InChI=1S/C26H28N2O3/c1-3-27(4-2)21-11-12-22-25(18-21)31-26(17-20-10-13-23(29)24(30)16-20)28(22)15-14-19-8-6-5-7-9-19/h5-13,16-18,29-30H,3-4,14-15H2,1-2H3/b26-17-. The van der Waals surface area contributed by atoms with Gasteiger partial charge in [-0.15, -0.1) is 0 Å². The maximum atomic E-state index is 9.88. The second-order valence-electron chi connectivity index (χ2n) is 7.54. The minimum absolute atomic E-state index is 0.137. The third-order valence-electron chi connectivity index (χ3n) is 5.60. The van der Waals surface area contributed by atoms with Gasteiger partial charge in [-0.3, -0.25) is 0 Å². The molecule has 0 amide bonds. The Morgan fingerprint density at radius 3 is 2.39 bits per heavy atom. The fourth-order valence-corrected chi connectivity index (χ4v) is 3.88. The molecule has 0 aromatic heterocycles. The Labute approximate surface area is 183 Å². The Morgan fingerprint density at radius 2 is 1.68 bits per heavy atom. The van der Waals surface area contributed by atoms with Crippen molar-refractivity contribution in [1.29, 1.82) is 0 Å². The number of ether oxygens (including phenoxy) is 1. The van der Waals surface area contributed by atoms with Crippen molar-refractivity contribution >= 4 is 17.5 Å². The van der Waals surface area contributed by atoms with Crippen molar-refractivity contribution in [2.24, 2.45) is 0 Å². The molecule has 4 rings (SSSR count). The summed E-state index contributed by atoms with van der Waals surface area (Å²) in [6, 6.07) is 21.5. The summed E-state index contributed by atoms with van der Waals surface area (Å²) in [5, 5.41) is 19.5. The number of hydrogen-bond donors (Lipinski definition) is 2. The van der Waals surface area contributed by atoms with Crippen LogP contribution in [0.5, 0.6) is 17.2 Å². The number of aromatic hydroxyl groups is 2. The van der Waals surface area contributed by atoms with Gasteiger partial charge in [-0.2, -0.15) is 0 Å². The Bertz CT molecular complexity index is 1080. The van der Waals surface area contributed by atoms with E-state index in [1.54, 1.807) is 6.07 Å². The first-order valence-electron chi connectivity index (χ1n) is 10.7. The highest BCUT2D eigenvalue weighted by Crippen LogP contribution is 2.42. The van der Waals surface area contributed by atoms with Gasteiger partial charge in [0.2, 0.25) is 5.88 Å². The maximum absolute atomic E-state index is 9.88. The second kappa shape index (κ2) is 9.04. The zero-order valence-corrected chi connectivity index (χ0v) is 18.0. The summed E-state index contributed by atoms with van der Waals surface area (Å²) >= 11 is 0. The number of rotatable bonds is 7. The molecule has 0 saturated heterocycles. The lowest BCUT2D eigenvalue weighted by Gasteiger charge is -2.22. The third-order valence-corrected chi connectivity index (χ3v) is 5.60. The highest BCUT2D eigenvalue weighted by Gasteiger charge is 2.27. The lowest BCUT2D eigenvalue weighted by molar-refractivity contribution is 0.403. The average molecular weight is 417 g/mol. The Hall–Kier alpha value is -3.60. The molecule has 5 nitrogen and oxygen atoms in total. The highest BCUT2D eigenvalue weighted by atomic mass is 16.5. The Morgan fingerprint density at radius 1 is 0.903 bits per heavy atom. The van der Waals surface area contributed by atoms with Crippen LogP contribution in [0.4, 0.5) is 11.4 Å². The van der Waals surface area contributed by atoms with E-state index in [1.165, 1.54) is 17.7 Å². The molecule has 1 aliphatic rings. The molecule has 3 aromatic rings. The lowest BCUT2D eigenvalue weighted by atomic mass is 10.1. The topological polar surface area (TPSA) is 56.2 Å². The second-order valence-corrected chi connectivity index (χ2v) is 7.54. The van der Waals surface area contributed by atoms with Crippen molar-refractivity contribution < 1.29 is 14.9 Å². The number of fused-ring (bicyclic) bond motifs is 1. The molecule has 1 aliphatic heterocycles. The first kappa shape index (κ1) is 20.7. The van der Waals surface area contributed by atoms with Crippen LogP contribution >= 0.6 is 0 Å². The van der Waals surface area contributed by atoms with Crippen molar-refractivity contribution in [3.05, 3.63) is 83.7 Å². The molecule has 31 heavy (non-hydrogen) atoms. The number of benzene rings is 3. The van der Waals surface area contributed by atoms with Gasteiger partial charge in [0.05, 0.1) is 5.69 Å². The first-order chi connectivity index (χ1) is 15.1. The summed E-state index contributed by atoms with van der Waals surface area (Å²) in [6.07, 6.45) is 2.76. The molecule has 1 heterocycles. The molecule has 0 radical (unpaired) electrons. The largest absolute Gasteiger partial charge is 0.504 e. The molecule has 0 fully saturated rings. The van der Waals surface area contributed by atoms with Crippen molar-refractivity contribution in [3.8, 4) is 17.2 Å². The minimum Gasteiger partial charge on any atom is -0.504 e. The number of phenolic OH excluding ortho intramolecular Hbond substituents is 2. The van der Waals surface area contributed by atoms with E-state index in [9.17, 15) is 10.2 Å². The summed E-state index contributed by atoms with van der Waals surface area (Å²) in [7, 11) is 0. The van der Waals surface area contributed by atoms with Gasteiger partial charge in [-0.25, -0.2) is 0 Å². The number of hydrogen-bond acceptors (Lipinski definition) is 5. The summed E-state index contributed by atoms with van der Waals surface area (Å²) in [5.41, 5.74) is 4.18. The van der Waals surface area contributed by atoms with E-state index in [2.05, 4.69) is 66.1 Å². The Balaban J connectivity index is 1.67. The molecule has 0 atom stereocenters. The predicted molar refractivity (Wildman–Crippen MR) is 126 cm³/mol. The van der Waals surface area contributed by atoms with Gasteiger partial charge in [0.25, 0.3) is 0 Å². The van der Waals surface area contributed by atoms with Crippen LogP contribution in [-0.2, 0) is 6.42 Å². The fourth-order valence-electron chi connectivity index (χ4n) is 3.88. The molecule has 0 spiro atoms. The van der Waals surface area contributed by atoms with Gasteiger partial charge in [-0.05, 0) is 55.7 Å². The van der Waals surface area contributed by atoms with Crippen molar-refractivity contribution in [1.82, 2.24) is 0 Å². The van der Waals surface area contributed by atoms with E-state index >= 15 is 0 Å². The normalized spacial score (nSPS) is 13.9. The van der Waals surface area contributed by atoms with Crippen LogP contribution in [0.15, 0.2) is 72.6 Å². The summed E-state index contributed by atoms with van der Waals surface area (Å²) in [6.45, 7) is 6.92. The van der Waals surface area contributed by atoms with Crippen LogP contribution in [0.1, 0.15) is 25.0 Å². The highest BCUT2D eigenvalue weighted by molar-refractivity contribution is 5.74. The molecule has 0 bridgehead atoms. The molecule has 5 heteroatoms. The molecule has 0 aliphatic carbocycles. The average Bonchev–Trinajstić information content (AvgIpc) is 3.12. The smallest absolute Gasteiger partial charge is 0.201 e. The van der Waals surface area contributed by atoms with Crippen LogP contribution in [0.3, 0.4) is 0 Å². The predicted octanol–water partition coefficient (Wildman–Crippen LogP) is 5.38. The molecular formula is C26H28N2O3. The van der Waals surface area contributed by atoms with Gasteiger partial charge in [0, 0.05) is 37.5 Å². The molecule has 2 N–H and O–H groups in total. The van der Waals surface area contributed by atoms with Crippen molar-refractivity contribution in [3.63, 3.8) is 0 Å². The molecule has 3 aromatic carbocycles. The van der Waals surface area contributed by atoms with E-state index in [1.807, 2.05) is 12.1 Å². The quantitative estimate of drug-likeness (QED) is 0.506. The van der Waals surface area contributed by atoms with Crippen LogP contribution in [0.25, 0.3) is 6.08 Å². The van der Waals surface area contributed by atoms with Gasteiger partial charge in [0.15, 0.2) is 17.2 Å². The van der Waals surface area contributed by atoms with Crippen LogP contribution < -0.4 is 14.5 Å². The zero-order valence-electron chi connectivity index (χ0n) is 18.0. The summed E-state index contributed by atoms with van der Waals surface area (Å²) in [5.74, 6) is 1.24. The molecule has 0 saturated carbocycles. The van der Waals surface area contributed by atoms with Crippen LogP contribution in [0, 0.1) is 0 Å². The third kappa shape index (κ3) is 4.45. The summed E-state index contributed by atoms with van der Waals surface area (Å²) in [4.78, 5) is 4.45. The van der Waals surface area contributed by atoms with Gasteiger partial charge < -0.3 is 24.7 Å². The molecule has 160 valence electrons. The van der Waals surface area contributed by atoms with E-state index in [0.29, 0.717) is 5.88 Å². The van der Waals surface area contributed by atoms with Gasteiger partial charge in [0.1, 0.15) is 0 Å². The first-order valence-corrected chi connectivity index (χ1v) is 10.7. The van der Waals surface area contributed by atoms with E-state index < -0.39 is 0 Å². The van der Waals surface area contributed by atoms with Crippen molar-refractivity contribution in [2.75, 3.05) is 29.4 Å². The van der Waals surface area contributed by atoms with Gasteiger partial charge in [-0.1, -0.05) is 36.4 Å². The number of anilines is 2. The molecular weight excluding hydrogens is 388 g/mol. The van der Waals surface area contributed by atoms with E-state index in [-0.39, 0.29) is 11.5 Å². The molecule has 0 unspecified atom stereocenters. The lowest BCUT2D eigenvalue weighted by Crippen LogP contribution is -2.23. The van der Waals surface area contributed by atoms with E-state index in [0.717, 1.165) is 48.7 Å². The Kier molecular flexibility index (Phi) is 6.03. The fraction of sp³-hybridized carbons (Fsp3) is 0.231. The monoisotopic (exact) mass is 416 g/mol. The summed E-state index contributed by atoms with van der Waals surface area (Å²) < 4.78 is 6.28. The SMILES string of the molecule is CCN(CC)c1ccc2c(c1)O/C(=C\c1ccc(O)c(O)c1)N2CCc1ccccc1. The van der Waals surface area contributed by atoms with Gasteiger partial charge >= 0.3 is 0 Å². The zero-order chi connectivity index (χ0) is 21.8. The number of nitrogens with zero attached hydrogens (tertiary/aromatic N) is 2. The minimum atomic E-state index is -0.149. The maximum Gasteiger partial charge on any atom is 0.201 e. The van der Waals surface area contributed by atoms with Crippen molar-refractivity contribution in [2.45, 2.75) is 20.3 Å². The van der Waals surface area contributed by atoms with E-state index in [4.69, 9.17) is 4.74 Å². The van der Waals surface area contributed by atoms with Crippen LogP contribution in [-0.4, -0.2) is 29.8 Å².